The molecule has 1 unspecified atom stereocenters. The molecule has 1 atom stereocenters. The number of para-hydroxylation sites is 1. The molecule has 0 bridgehead atoms. The zero-order valence-electron chi connectivity index (χ0n) is 16.9. The molecule has 0 radical (unpaired) electrons. The largest absolute Gasteiger partial charge is 0.506 e. The lowest BCUT2D eigenvalue weighted by Crippen LogP contribution is -2.18. The first-order valence-corrected chi connectivity index (χ1v) is 10.2. The first-order chi connectivity index (χ1) is 13.9. The number of nitrogens with zero attached hydrogens (tertiary/aromatic N) is 4. The molecule has 0 aliphatic carbocycles. The van der Waals surface area contributed by atoms with Crippen LogP contribution in [0.4, 0.5) is 11.8 Å². The second kappa shape index (κ2) is 9.28. The summed E-state index contributed by atoms with van der Waals surface area (Å²) >= 11 is 6.00. The van der Waals surface area contributed by atoms with E-state index in [0.29, 0.717) is 41.0 Å². The second-order valence-electron chi connectivity index (χ2n) is 7.02. The molecule has 0 spiro atoms. The fourth-order valence-corrected chi connectivity index (χ4v) is 3.38. The number of aromatic hydroxyl groups is 1. The zero-order valence-corrected chi connectivity index (χ0v) is 17.6. The molecule has 0 saturated heterocycles. The van der Waals surface area contributed by atoms with Crippen molar-refractivity contribution in [1.29, 1.82) is 0 Å². The highest BCUT2D eigenvalue weighted by Gasteiger charge is 2.17. The highest BCUT2D eigenvalue weighted by molar-refractivity contribution is 6.32. The van der Waals surface area contributed by atoms with E-state index in [2.05, 4.69) is 44.0 Å². The van der Waals surface area contributed by atoms with Gasteiger partial charge in [0, 0.05) is 24.7 Å². The Morgan fingerprint density at radius 3 is 2.62 bits per heavy atom. The van der Waals surface area contributed by atoms with E-state index in [0.717, 1.165) is 18.5 Å². The number of aliphatic hydroxyl groups excluding tert-OH is 1. The highest BCUT2D eigenvalue weighted by atomic mass is 35.5. The number of rotatable bonds is 9. The fraction of sp³-hybridized carbons (Fsp3) is 0.450. The van der Waals surface area contributed by atoms with E-state index in [1.807, 2.05) is 0 Å². The minimum atomic E-state index is -0.530. The summed E-state index contributed by atoms with van der Waals surface area (Å²) in [5.41, 5.74) is 2.03. The van der Waals surface area contributed by atoms with Gasteiger partial charge in [-0.1, -0.05) is 37.6 Å². The second-order valence-corrected chi connectivity index (χ2v) is 7.43. The molecule has 156 valence electrons. The maximum absolute atomic E-state index is 10.2. The number of nitrogens with one attached hydrogen (secondary N) is 2. The fourth-order valence-electron chi connectivity index (χ4n) is 3.19. The minimum absolute atomic E-state index is 0.0435. The van der Waals surface area contributed by atoms with Crippen molar-refractivity contribution in [3.8, 4) is 5.75 Å². The molecular formula is C20H27ClN6O2. The van der Waals surface area contributed by atoms with Crippen molar-refractivity contribution < 1.29 is 10.2 Å². The quantitative estimate of drug-likeness (QED) is 0.416. The molecule has 0 saturated carbocycles. The topological polar surface area (TPSA) is 108 Å². The van der Waals surface area contributed by atoms with E-state index in [4.69, 9.17) is 11.6 Å². The molecule has 8 nitrogen and oxygen atoms in total. The minimum Gasteiger partial charge on any atom is -0.506 e. The zero-order chi connectivity index (χ0) is 21.0. The first-order valence-electron chi connectivity index (χ1n) is 9.81. The van der Waals surface area contributed by atoms with Gasteiger partial charge in [0.15, 0.2) is 17.0 Å². The van der Waals surface area contributed by atoms with Crippen molar-refractivity contribution in [2.45, 2.75) is 52.3 Å². The molecular weight excluding hydrogens is 392 g/mol. The summed E-state index contributed by atoms with van der Waals surface area (Å²) in [6, 6.07) is 5.50. The molecule has 2 heterocycles. The summed E-state index contributed by atoms with van der Waals surface area (Å²) < 4.78 is 2.06. The number of aromatic nitrogens is 4. The lowest BCUT2D eigenvalue weighted by Gasteiger charge is -2.16. The number of imidazole rings is 1. The van der Waals surface area contributed by atoms with Crippen molar-refractivity contribution in [3.05, 3.63) is 35.1 Å². The van der Waals surface area contributed by atoms with Gasteiger partial charge in [0.1, 0.15) is 5.75 Å². The van der Waals surface area contributed by atoms with Gasteiger partial charge in [0.25, 0.3) is 0 Å². The van der Waals surface area contributed by atoms with Gasteiger partial charge in [-0.3, -0.25) is 0 Å². The van der Waals surface area contributed by atoms with Crippen LogP contribution in [0.2, 0.25) is 5.02 Å². The van der Waals surface area contributed by atoms with Crippen LogP contribution in [-0.2, 0) is 6.54 Å². The number of phenols is 1. The van der Waals surface area contributed by atoms with E-state index in [1.54, 1.807) is 31.5 Å². The van der Waals surface area contributed by atoms with E-state index >= 15 is 0 Å². The number of fused-ring (bicyclic) bond motifs is 1. The van der Waals surface area contributed by atoms with Gasteiger partial charge in [-0.15, -0.1) is 0 Å². The van der Waals surface area contributed by atoms with E-state index in [9.17, 15) is 10.2 Å². The molecule has 2 aromatic heterocycles. The Balaban J connectivity index is 1.98. The summed E-state index contributed by atoms with van der Waals surface area (Å²) in [5, 5.41) is 26.4. The van der Waals surface area contributed by atoms with Gasteiger partial charge < -0.3 is 25.4 Å². The number of hydrogen-bond donors (Lipinski definition) is 4. The number of aliphatic hydroxyl groups is 1. The molecule has 9 heteroatoms. The molecule has 0 aliphatic heterocycles. The standard InChI is InChI=1S/C20H27ClN6O2/c1-4-14(5-2)27-11-24-16-18(22-10-13-7-6-8-15(21)17(13)29)25-20(26-19(16)27)23-9-12(3)28/h6-8,11-12,14,28-29H,4-5,9-10H2,1-3H3,(H2,22,23,25,26). The summed E-state index contributed by atoms with van der Waals surface area (Å²) in [5.74, 6) is 0.998. The number of halogens is 1. The van der Waals surface area contributed by atoms with E-state index < -0.39 is 6.10 Å². The van der Waals surface area contributed by atoms with Crippen LogP contribution in [0.1, 0.15) is 45.2 Å². The molecule has 0 aliphatic rings. The first kappa shape index (κ1) is 21.1. The number of anilines is 2. The average molecular weight is 419 g/mol. The van der Waals surface area contributed by atoms with Gasteiger partial charge >= 0.3 is 0 Å². The Morgan fingerprint density at radius 2 is 1.93 bits per heavy atom. The highest BCUT2D eigenvalue weighted by Crippen LogP contribution is 2.29. The smallest absolute Gasteiger partial charge is 0.226 e. The van der Waals surface area contributed by atoms with E-state index in [-0.39, 0.29) is 11.8 Å². The predicted molar refractivity (Wildman–Crippen MR) is 116 cm³/mol. The van der Waals surface area contributed by atoms with Crippen LogP contribution >= 0.6 is 11.6 Å². The van der Waals surface area contributed by atoms with Gasteiger partial charge in [0.05, 0.1) is 17.5 Å². The Morgan fingerprint density at radius 1 is 1.17 bits per heavy atom. The Hall–Kier alpha value is -2.58. The molecule has 1 aromatic carbocycles. The Bertz CT molecular complexity index is 971. The third kappa shape index (κ3) is 4.71. The molecule has 3 rings (SSSR count). The summed E-state index contributed by atoms with van der Waals surface area (Å²) in [7, 11) is 0. The molecule has 0 fully saturated rings. The third-order valence-electron chi connectivity index (χ3n) is 4.83. The predicted octanol–water partition coefficient (Wildman–Crippen LogP) is 3.95. The summed E-state index contributed by atoms with van der Waals surface area (Å²) in [6.45, 7) is 6.62. The van der Waals surface area contributed by atoms with Crippen LogP contribution in [0.5, 0.6) is 5.75 Å². The lowest BCUT2D eigenvalue weighted by molar-refractivity contribution is 0.208. The third-order valence-corrected chi connectivity index (χ3v) is 5.13. The number of hydrogen-bond acceptors (Lipinski definition) is 7. The summed E-state index contributed by atoms with van der Waals surface area (Å²) in [4.78, 5) is 13.7. The van der Waals surface area contributed by atoms with Crippen molar-refractivity contribution in [2.24, 2.45) is 0 Å². The van der Waals surface area contributed by atoms with Crippen LogP contribution in [0.3, 0.4) is 0 Å². The Labute approximate surface area is 175 Å². The van der Waals surface area contributed by atoms with Crippen LogP contribution < -0.4 is 10.6 Å². The number of benzene rings is 1. The summed E-state index contributed by atoms with van der Waals surface area (Å²) in [6.07, 6.45) is 3.18. The van der Waals surface area contributed by atoms with Gasteiger partial charge in [-0.25, -0.2) is 4.98 Å². The van der Waals surface area contributed by atoms with Gasteiger partial charge in [-0.2, -0.15) is 9.97 Å². The number of phenolic OH excluding ortho intramolecular Hbond substituents is 1. The molecule has 4 N–H and O–H groups in total. The maximum Gasteiger partial charge on any atom is 0.226 e. The van der Waals surface area contributed by atoms with Gasteiger partial charge in [0.2, 0.25) is 5.95 Å². The van der Waals surface area contributed by atoms with Crippen molar-refractivity contribution in [2.75, 3.05) is 17.2 Å². The monoisotopic (exact) mass is 418 g/mol. The normalized spacial score (nSPS) is 12.5. The Kier molecular flexibility index (Phi) is 6.76. The van der Waals surface area contributed by atoms with Crippen molar-refractivity contribution in [1.82, 2.24) is 19.5 Å². The lowest BCUT2D eigenvalue weighted by atomic mass is 10.2. The van der Waals surface area contributed by atoms with Crippen LogP contribution in [-0.4, -0.2) is 42.4 Å². The molecule has 29 heavy (non-hydrogen) atoms. The average Bonchev–Trinajstić information content (AvgIpc) is 3.12. The SMILES string of the molecule is CCC(CC)n1cnc2c(NCc3cccc(Cl)c3O)nc(NCC(C)O)nc21. The van der Waals surface area contributed by atoms with Crippen LogP contribution in [0.15, 0.2) is 24.5 Å². The van der Waals surface area contributed by atoms with Crippen LogP contribution in [0.25, 0.3) is 11.2 Å². The molecule has 0 amide bonds. The van der Waals surface area contributed by atoms with Gasteiger partial charge in [-0.05, 0) is 25.8 Å². The molecule has 3 aromatic rings. The maximum atomic E-state index is 10.2. The van der Waals surface area contributed by atoms with Crippen LogP contribution in [0, 0.1) is 0 Å². The van der Waals surface area contributed by atoms with Crippen molar-refractivity contribution in [3.63, 3.8) is 0 Å². The van der Waals surface area contributed by atoms with E-state index in [1.165, 1.54) is 0 Å². The van der Waals surface area contributed by atoms with Crippen molar-refractivity contribution >= 4 is 34.5 Å².